The number of carbonyl (C=O) groups excluding carboxylic acids is 2. The van der Waals surface area contributed by atoms with E-state index in [-0.39, 0.29) is 15.5 Å². The van der Waals surface area contributed by atoms with Gasteiger partial charge in [0.2, 0.25) is 10.0 Å². The van der Waals surface area contributed by atoms with Crippen molar-refractivity contribution in [2.75, 3.05) is 19.0 Å². The summed E-state index contributed by atoms with van der Waals surface area (Å²) >= 11 is 5.87. The zero-order valence-electron chi connectivity index (χ0n) is 14.8. The lowest BCUT2D eigenvalue weighted by Crippen LogP contribution is -2.22. The first kappa shape index (κ1) is 20.9. The molecule has 144 valence electrons. The highest BCUT2D eigenvalue weighted by molar-refractivity contribution is 7.89. The van der Waals surface area contributed by atoms with E-state index in [0.29, 0.717) is 5.69 Å². The number of carbonyl (C=O) groups is 2. The maximum Gasteiger partial charge on any atom is 0.338 e. The molecule has 27 heavy (non-hydrogen) atoms. The van der Waals surface area contributed by atoms with Crippen LogP contribution in [0.2, 0.25) is 5.02 Å². The van der Waals surface area contributed by atoms with Crippen molar-refractivity contribution in [3.63, 3.8) is 0 Å². The minimum atomic E-state index is -3.83. The number of ether oxygens (including phenoxy) is 1. The van der Waals surface area contributed by atoms with Crippen molar-refractivity contribution in [3.05, 3.63) is 58.6 Å². The first-order chi connectivity index (χ1) is 12.8. The summed E-state index contributed by atoms with van der Waals surface area (Å²) in [5.41, 5.74) is 1.69. The standard InChI is InChI=1S/C18H19ClN2O5S/c1-3-12-4-7-14(8-5-12)21-17(22)11-26-18(23)13-6-9-15(19)16(10-13)27(24,25)20-2/h4-10,20H,3,11H2,1-2H3,(H,21,22). The Labute approximate surface area is 162 Å². The van der Waals surface area contributed by atoms with Gasteiger partial charge >= 0.3 is 5.97 Å². The second kappa shape index (κ2) is 8.98. The molecule has 0 atom stereocenters. The molecule has 0 saturated carbocycles. The number of amides is 1. The van der Waals surface area contributed by atoms with Crippen LogP contribution in [0.5, 0.6) is 0 Å². The summed E-state index contributed by atoms with van der Waals surface area (Å²) in [4.78, 5) is 23.8. The molecular weight excluding hydrogens is 392 g/mol. The van der Waals surface area contributed by atoms with E-state index in [2.05, 4.69) is 10.0 Å². The summed E-state index contributed by atoms with van der Waals surface area (Å²) in [5.74, 6) is -1.35. The summed E-state index contributed by atoms with van der Waals surface area (Å²) in [5, 5.41) is 2.58. The van der Waals surface area contributed by atoms with Crippen LogP contribution in [-0.2, 0) is 26.0 Å². The summed E-state index contributed by atoms with van der Waals surface area (Å²) in [7, 11) is -2.60. The Hall–Kier alpha value is -2.42. The fraction of sp³-hybridized carbons (Fsp3) is 0.222. The number of rotatable bonds is 7. The van der Waals surface area contributed by atoms with E-state index < -0.39 is 28.5 Å². The summed E-state index contributed by atoms with van der Waals surface area (Å²) in [6.07, 6.45) is 0.887. The third kappa shape index (κ3) is 5.53. The Morgan fingerprint density at radius 3 is 2.37 bits per heavy atom. The zero-order valence-corrected chi connectivity index (χ0v) is 16.4. The first-order valence-electron chi connectivity index (χ1n) is 8.06. The van der Waals surface area contributed by atoms with E-state index in [1.165, 1.54) is 19.2 Å². The number of nitrogens with one attached hydrogen (secondary N) is 2. The van der Waals surface area contributed by atoms with E-state index in [4.69, 9.17) is 16.3 Å². The van der Waals surface area contributed by atoms with E-state index in [9.17, 15) is 18.0 Å². The van der Waals surface area contributed by atoms with E-state index in [0.717, 1.165) is 18.1 Å². The third-order valence-electron chi connectivity index (χ3n) is 3.71. The van der Waals surface area contributed by atoms with Gasteiger partial charge in [-0.25, -0.2) is 17.9 Å². The molecule has 0 aliphatic carbocycles. The highest BCUT2D eigenvalue weighted by Gasteiger charge is 2.19. The number of anilines is 1. The summed E-state index contributed by atoms with van der Waals surface area (Å²) in [6.45, 7) is 1.52. The van der Waals surface area contributed by atoms with Crippen LogP contribution in [0.1, 0.15) is 22.8 Å². The number of aryl methyl sites for hydroxylation is 1. The molecular formula is C18H19ClN2O5S. The molecule has 0 aliphatic rings. The third-order valence-corrected chi connectivity index (χ3v) is 5.60. The number of sulfonamides is 1. The predicted molar refractivity (Wildman–Crippen MR) is 102 cm³/mol. The molecule has 2 N–H and O–H groups in total. The fourth-order valence-corrected chi connectivity index (χ4v) is 3.43. The molecule has 0 heterocycles. The summed E-state index contributed by atoms with van der Waals surface area (Å²) < 4.78 is 30.9. The Balaban J connectivity index is 2.00. The highest BCUT2D eigenvalue weighted by atomic mass is 35.5. The van der Waals surface area contributed by atoms with Gasteiger partial charge in [-0.3, -0.25) is 4.79 Å². The molecule has 0 radical (unpaired) electrons. The van der Waals surface area contributed by atoms with Gasteiger partial charge in [0.15, 0.2) is 6.61 Å². The predicted octanol–water partition coefficient (Wildman–Crippen LogP) is 2.61. The molecule has 0 aliphatic heterocycles. The van der Waals surface area contributed by atoms with E-state index in [1.54, 1.807) is 12.1 Å². The Morgan fingerprint density at radius 1 is 1.11 bits per heavy atom. The Bertz CT molecular complexity index is 943. The van der Waals surface area contributed by atoms with Gasteiger partial charge in [0.1, 0.15) is 4.90 Å². The maximum absolute atomic E-state index is 12.1. The normalized spacial score (nSPS) is 11.1. The fourth-order valence-electron chi connectivity index (χ4n) is 2.18. The molecule has 0 fully saturated rings. The molecule has 1 amide bonds. The van der Waals surface area contributed by atoms with Crippen LogP contribution in [-0.4, -0.2) is 33.9 Å². The van der Waals surface area contributed by atoms with Gasteiger partial charge in [0.05, 0.1) is 10.6 Å². The van der Waals surface area contributed by atoms with Crippen LogP contribution in [0, 0.1) is 0 Å². The van der Waals surface area contributed by atoms with Gasteiger partial charge < -0.3 is 10.1 Å². The molecule has 0 saturated heterocycles. The monoisotopic (exact) mass is 410 g/mol. The van der Waals surface area contributed by atoms with Crippen molar-refractivity contribution in [1.29, 1.82) is 0 Å². The SMILES string of the molecule is CCc1ccc(NC(=O)COC(=O)c2ccc(Cl)c(S(=O)(=O)NC)c2)cc1. The molecule has 2 aromatic rings. The van der Waals surface area contributed by atoms with Crippen LogP contribution in [0.15, 0.2) is 47.4 Å². The van der Waals surface area contributed by atoms with Crippen molar-refractivity contribution in [2.45, 2.75) is 18.2 Å². The maximum atomic E-state index is 12.1. The number of benzene rings is 2. The quantitative estimate of drug-likeness (QED) is 0.683. The van der Waals surface area contributed by atoms with Gasteiger partial charge in [-0.2, -0.15) is 0 Å². The van der Waals surface area contributed by atoms with E-state index in [1.807, 2.05) is 19.1 Å². The molecule has 0 spiro atoms. The minimum Gasteiger partial charge on any atom is -0.452 e. The number of hydrogen-bond donors (Lipinski definition) is 2. The van der Waals surface area contributed by atoms with Crippen LogP contribution in [0.4, 0.5) is 5.69 Å². The Kier molecular flexibility index (Phi) is 6.95. The molecule has 7 nitrogen and oxygen atoms in total. The molecule has 9 heteroatoms. The van der Waals surface area contributed by atoms with Crippen molar-refractivity contribution in [1.82, 2.24) is 4.72 Å². The zero-order chi connectivity index (χ0) is 20.0. The van der Waals surface area contributed by atoms with Crippen molar-refractivity contribution in [2.24, 2.45) is 0 Å². The molecule has 2 rings (SSSR count). The topological polar surface area (TPSA) is 102 Å². The van der Waals surface area contributed by atoms with Crippen molar-refractivity contribution < 1.29 is 22.7 Å². The largest absolute Gasteiger partial charge is 0.452 e. The van der Waals surface area contributed by atoms with Gasteiger partial charge in [-0.1, -0.05) is 30.7 Å². The highest BCUT2D eigenvalue weighted by Crippen LogP contribution is 2.22. The summed E-state index contributed by atoms with van der Waals surface area (Å²) in [6, 6.07) is 11.0. The van der Waals surface area contributed by atoms with Crippen LogP contribution in [0.25, 0.3) is 0 Å². The first-order valence-corrected chi connectivity index (χ1v) is 9.92. The van der Waals surface area contributed by atoms with Gasteiger partial charge in [0.25, 0.3) is 5.91 Å². The average molecular weight is 411 g/mol. The smallest absolute Gasteiger partial charge is 0.338 e. The number of hydrogen-bond acceptors (Lipinski definition) is 5. The second-order valence-electron chi connectivity index (χ2n) is 5.53. The van der Waals surface area contributed by atoms with Crippen molar-refractivity contribution in [3.8, 4) is 0 Å². The number of esters is 1. The molecule has 0 aromatic heterocycles. The van der Waals surface area contributed by atoms with E-state index >= 15 is 0 Å². The van der Waals surface area contributed by atoms with Gasteiger partial charge in [0, 0.05) is 5.69 Å². The van der Waals surface area contributed by atoms with Crippen LogP contribution >= 0.6 is 11.6 Å². The van der Waals surface area contributed by atoms with Gasteiger partial charge in [-0.05, 0) is 49.4 Å². The minimum absolute atomic E-state index is 0.0332. The van der Waals surface area contributed by atoms with Crippen LogP contribution in [0.3, 0.4) is 0 Å². The average Bonchev–Trinajstić information content (AvgIpc) is 2.67. The lowest BCUT2D eigenvalue weighted by atomic mass is 10.1. The lowest BCUT2D eigenvalue weighted by Gasteiger charge is -2.09. The van der Waals surface area contributed by atoms with Crippen LogP contribution < -0.4 is 10.0 Å². The molecule has 2 aromatic carbocycles. The lowest BCUT2D eigenvalue weighted by molar-refractivity contribution is -0.119. The van der Waals surface area contributed by atoms with Gasteiger partial charge in [-0.15, -0.1) is 0 Å². The number of halogens is 1. The Morgan fingerprint density at radius 2 is 1.78 bits per heavy atom. The molecule has 0 bridgehead atoms. The molecule has 0 unspecified atom stereocenters. The van der Waals surface area contributed by atoms with Crippen molar-refractivity contribution >= 4 is 39.2 Å². The second-order valence-corrected chi connectivity index (χ2v) is 7.79.